The third-order valence-electron chi connectivity index (χ3n) is 2.60. The topological polar surface area (TPSA) is 46.5 Å². The number of aliphatic carboxylic acids is 1. The maximum absolute atomic E-state index is 12.1. The second-order valence-electron chi connectivity index (χ2n) is 4.70. The molecule has 17 heavy (non-hydrogen) atoms. The van der Waals surface area contributed by atoms with Crippen LogP contribution in [-0.4, -0.2) is 30.0 Å². The zero-order chi connectivity index (χ0) is 13.7. The van der Waals surface area contributed by atoms with Crippen molar-refractivity contribution in [2.75, 3.05) is 6.61 Å². The number of carboxylic acids is 1. The van der Waals surface area contributed by atoms with E-state index in [0.717, 1.165) is 6.92 Å². The first kappa shape index (κ1) is 16.2. The molecule has 0 spiro atoms. The van der Waals surface area contributed by atoms with Crippen LogP contribution in [0.3, 0.4) is 0 Å². The maximum atomic E-state index is 12.1. The van der Waals surface area contributed by atoms with Crippen LogP contribution >= 0.6 is 0 Å². The molecule has 0 aliphatic carbocycles. The van der Waals surface area contributed by atoms with E-state index in [0.29, 0.717) is 19.3 Å². The van der Waals surface area contributed by atoms with Crippen LogP contribution in [-0.2, 0) is 9.53 Å². The molecule has 0 rings (SSSR count). The van der Waals surface area contributed by atoms with Crippen LogP contribution in [0.25, 0.3) is 0 Å². The summed E-state index contributed by atoms with van der Waals surface area (Å²) in [6, 6.07) is 0. The lowest BCUT2D eigenvalue weighted by Gasteiger charge is -2.19. The van der Waals surface area contributed by atoms with Crippen LogP contribution in [0.1, 0.15) is 40.0 Å². The Morgan fingerprint density at radius 1 is 1.29 bits per heavy atom. The Hall–Kier alpha value is -0.780. The molecule has 0 radical (unpaired) electrons. The normalized spacial score (nSPS) is 14.7. The molecule has 1 unspecified atom stereocenters. The van der Waals surface area contributed by atoms with Gasteiger partial charge in [0, 0.05) is 6.61 Å². The van der Waals surface area contributed by atoms with Gasteiger partial charge in [-0.1, -0.05) is 6.42 Å². The van der Waals surface area contributed by atoms with E-state index >= 15 is 0 Å². The molecule has 0 aromatic heterocycles. The molecule has 0 heterocycles. The molecule has 0 fully saturated rings. The summed E-state index contributed by atoms with van der Waals surface area (Å²) in [6.07, 6.45) is -4.72. The van der Waals surface area contributed by atoms with Gasteiger partial charge in [0.1, 0.15) is 0 Å². The van der Waals surface area contributed by atoms with Gasteiger partial charge in [-0.15, -0.1) is 0 Å². The van der Waals surface area contributed by atoms with Crippen molar-refractivity contribution in [2.45, 2.75) is 52.3 Å². The summed E-state index contributed by atoms with van der Waals surface area (Å²) in [7, 11) is 0. The Bertz CT molecular complexity index is 249. The van der Waals surface area contributed by atoms with Gasteiger partial charge in [0.15, 0.2) is 6.10 Å². The van der Waals surface area contributed by atoms with E-state index < -0.39 is 23.7 Å². The molecule has 0 saturated carbocycles. The van der Waals surface area contributed by atoms with Gasteiger partial charge in [0.2, 0.25) is 0 Å². The minimum absolute atomic E-state index is 0.00360. The molecule has 0 aliphatic heterocycles. The van der Waals surface area contributed by atoms with Crippen LogP contribution in [0.15, 0.2) is 0 Å². The Morgan fingerprint density at radius 2 is 1.82 bits per heavy atom. The lowest BCUT2D eigenvalue weighted by molar-refractivity contribution is -0.214. The van der Waals surface area contributed by atoms with Gasteiger partial charge in [-0.3, -0.25) is 4.79 Å². The summed E-state index contributed by atoms with van der Waals surface area (Å²) in [5.74, 6) is -0.901. The zero-order valence-corrected chi connectivity index (χ0v) is 10.3. The highest BCUT2D eigenvalue weighted by molar-refractivity contribution is 5.73. The van der Waals surface area contributed by atoms with E-state index in [9.17, 15) is 18.0 Å². The largest absolute Gasteiger partial charge is 0.481 e. The first-order chi connectivity index (χ1) is 7.57. The molecule has 6 heteroatoms. The lowest BCUT2D eigenvalue weighted by Crippen LogP contribution is -2.29. The van der Waals surface area contributed by atoms with Crippen LogP contribution in [0, 0.1) is 5.41 Å². The average molecular weight is 256 g/mol. The fourth-order valence-electron chi connectivity index (χ4n) is 1.13. The quantitative estimate of drug-likeness (QED) is 0.711. The second kappa shape index (κ2) is 6.23. The van der Waals surface area contributed by atoms with Crippen molar-refractivity contribution >= 4 is 5.97 Å². The molecule has 102 valence electrons. The molecule has 0 bridgehead atoms. The molecule has 0 saturated heterocycles. The fraction of sp³-hybridized carbons (Fsp3) is 0.909. The van der Waals surface area contributed by atoms with Gasteiger partial charge in [-0.05, 0) is 33.6 Å². The SMILES string of the molecule is CC(OCCCCC(C)(C)C(=O)O)C(F)(F)F. The van der Waals surface area contributed by atoms with E-state index in [4.69, 9.17) is 5.11 Å². The van der Waals surface area contributed by atoms with Crippen molar-refractivity contribution in [3.63, 3.8) is 0 Å². The van der Waals surface area contributed by atoms with Crippen molar-refractivity contribution in [2.24, 2.45) is 5.41 Å². The molecule has 0 aliphatic rings. The second-order valence-corrected chi connectivity index (χ2v) is 4.70. The highest BCUT2D eigenvalue weighted by atomic mass is 19.4. The van der Waals surface area contributed by atoms with Gasteiger partial charge in [-0.25, -0.2) is 0 Å². The molecule has 0 aromatic rings. The summed E-state index contributed by atoms with van der Waals surface area (Å²) in [5, 5.41) is 8.81. The van der Waals surface area contributed by atoms with Gasteiger partial charge >= 0.3 is 12.1 Å². The molecular formula is C11H19F3O3. The number of carbonyl (C=O) groups is 1. The van der Waals surface area contributed by atoms with Crippen LogP contribution < -0.4 is 0 Å². The average Bonchev–Trinajstić information content (AvgIpc) is 2.15. The van der Waals surface area contributed by atoms with E-state index in [2.05, 4.69) is 4.74 Å². The van der Waals surface area contributed by atoms with Crippen molar-refractivity contribution in [3.05, 3.63) is 0 Å². The highest BCUT2D eigenvalue weighted by Gasteiger charge is 2.36. The van der Waals surface area contributed by atoms with Gasteiger partial charge in [-0.2, -0.15) is 13.2 Å². The highest BCUT2D eigenvalue weighted by Crippen LogP contribution is 2.25. The van der Waals surface area contributed by atoms with Crippen molar-refractivity contribution in [3.8, 4) is 0 Å². The third-order valence-corrected chi connectivity index (χ3v) is 2.60. The minimum atomic E-state index is -4.33. The minimum Gasteiger partial charge on any atom is -0.481 e. The summed E-state index contributed by atoms with van der Waals surface area (Å²) in [5.41, 5.74) is -0.838. The summed E-state index contributed by atoms with van der Waals surface area (Å²) in [6.45, 7) is 4.14. The van der Waals surface area contributed by atoms with Gasteiger partial charge < -0.3 is 9.84 Å². The Labute approximate surface area is 99.0 Å². The Kier molecular flexibility index (Phi) is 5.95. The number of alkyl halides is 3. The molecule has 3 nitrogen and oxygen atoms in total. The summed E-state index contributed by atoms with van der Waals surface area (Å²) in [4.78, 5) is 10.7. The van der Waals surface area contributed by atoms with Gasteiger partial charge in [0.25, 0.3) is 0 Å². The van der Waals surface area contributed by atoms with Crippen LogP contribution in [0.2, 0.25) is 0 Å². The van der Waals surface area contributed by atoms with E-state index in [-0.39, 0.29) is 6.61 Å². The number of ether oxygens (including phenoxy) is 1. The first-order valence-electron chi connectivity index (χ1n) is 5.49. The van der Waals surface area contributed by atoms with Crippen molar-refractivity contribution in [1.82, 2.24) is 0 Å². The monoisotopic (exact) mass is 256 g/mol. The van der Waals surface area contributed by atoms with E-state index in [1.54, 1.807) is 13.8 Å². The molecule has 0 aromatic carbocycles. The Balaban J connectivity index is 3.71. The molecule has 0 amide bonds. The van der Waals surface area contributed by atoms with Crippen molar-refractivity contribution in [1.29, 1.82) is 0 Å². The van der Waals surface area contributed by atoms with Gasteiger partial charge in [0.05, 0.1) is 5.41 Å². The maximum Gasteiger partial charge on any atom is 0.414 e. The van der Waals surface area contributed by atoms with Crippen molar-refractivity contribution < 1.29 is 27.8 Å². The number of halogens is 3. The standard InChI is InChI=1S/C11H19F3O3/c1-8(11(12,13)14)17-7-5-4-6-10(2,3)9(15)16/h8H,4-7H2,1-3H3,(H,15,16). The van der Waals surface area contributed by atoms with Crippen LogP contribution in [0.5, 0.6) is 0 Å². The zero-order valence-electron chi connectivity index (χ0n) is 10.3. The molecular weight excluding hydrogens is 237 g/mol. The predicted octanol–water partition coefficient (Wildman–Crippen LogP) is 3.23. The smallest absolute Gasteiger partial charge is 0.414 e. The number of unbranched alkanes of at least 4 members (excludes halogenated alkanes) is 1. The van der Waals surface area contributed by atoms with E-state index in [1.807, 2.05) is 0 Å². The number of hydrogen-bond donors (Lipinski definition) is 1. The number of carboxylic acid groups (broad SMARTS) is 1. The fourth-order valence-corrected chi connectivity index (χ4v) is 1.13. The Morgan fingerprint density at radius 3 is 2.24 bits per heavy atom. The van der Waals surface area contributed by atoms with E-state index in [1.165, 1.54) is 0 Å². The predicted molar refractivity (Wildman–Crippen MR) is 56.7 cm³/mol. The molecule has 1 N–H and O–H groups in total. The first-order valence-corrected chi connectivity index (χ1v) is 5.49. The number of hydrogen-bond acceptors (Lipinski definition) is 2. The third kappa shape index (κ3) is 6.51. The number of rotatable bonds is 7. The molecule has 1 atom stereocenters. The summed E-state index contributed by atoms with van der Waals surface area (Å²) >= 11 is 0. The van der Waals surface area contributed by atoms with Crippen LogP contribution in [0.4, 0.5) is 13.2 Å². The summed E-state index contributed by atoms with van der Waals surface area (Å²) < 4.78 is 40.8. The lowest BCUT2D eigenvalue weighted by atomic mass is 9.87.